The third-order valence-corrected chi connectivity index (χ3v) is 4.14. The lowest BCUT2D eigenvalue weighted by atomic mass is 9.82. The molecule has 0 aromatic heterocycles. The Morgan fingerprint density at radius 3 is 2.31 bits per heavy atom. The topological polar surface area (TPSA) is 29.3 Å². The van der Waals surface area contributed by atoms with E-state index in [0.717, 1.165) is 24.9 Å². The van der Waals surface area contributed by atoms with Crippen LogP contribution in [0.4, 0.5) is 0 Å². The van der Waals surface area contributed by atoms with Crippen LogP contribution in [0.2, 0.25) is 0 Å². The Hall–Kier alpha value is -0.0800. The lowest BCUT2D eigenvalue weighted by Gasteiger charge is -2.44. The van der Waals surface area contributed by atoms with E-state index < -0.39 is 0 Å². The molecule has 1 saturated carbocycles. The van der Waals surface area contributed by atoms with Crippen LogP contribution >= 0.6 is 0 Å². The van der Waals surface area contributed by atoms with Crippen molar-refractivity contribution < 1.29 is 0 Å². The molecule has 1 aliphatic carbocycles. The molecule has 1 aliphatic rings. The molecule has 1 unspecified atom stereocenters. The van der Waals surface area contributed by atoms with Gasteiger partial charge in [0.05, 0.1) is 0 Å². The maximum Gasteiger partial charge on any atom is 0.0306 e. The highest BCUT2D eigenvalue weighted by molar-refractivity contribution is 4.89. The van der Waals surface area contributed by atoms with E-state index in [4.69, 9.17) is 5.73 Å². The molecular formula is C14H30N2. The van der Waals surface area contributed by atoms with E-state index >= 15 is 0 Å². The second kappa shape index (κ2) is 6.02. The fraction of sp³-hybridized carbons (Fsp3) is 1.00. The van der Waals surface area contributed by atoms with Gasteiger partial charge in [0.25, 0.3) is 0 Å². The van der Waals surface area contributed by atoms with Crippen LogP contribution in [-0.2, 0) is 0 Å². The van der Waals surface area contributed by atoms with Crippen molar-refractivity contribution in [3.63, 3.8) is 0 Å². The van der Waals surface area contributed by atoms with Crippen molar-refractivity contribution in [1.82, 2.24) is 4.90 Å². The summed E-state index contributed by atoms with van der Waals surface area (Å²) in [7, 11) is 0. The van der Waals surface area contributed by atoms with E-state index in [1.807, 2.05) is 0 Å². The molecule has 96 valence electrons. The van der Waals surface area contributed by atoms with Crippen LogP contribution in [-0.4, -0.2) is 30.1 Å². The minimum absolute atomic E-state index is 0.207. The standard InChI is InChI=1S/C14H30N2/c1-5-16(10-13-7-6-8-13)14(4,11-15)9-12(2)3/h12-13H,5-11,15H2,1-4H3. The first-order valence-electron chi connectivity index (χ1n) is 6.97. The molecule has 1 atom stereocenters. The van der Waals surface area contributed by atoms with Gasteiger partial charge in [-0.1, -0.05) is 27.2 Å². The Kier molecular flexibility index (Phi) is 5.26. The zero-order valence-electron chi connectivity index (χ0n) is 11.6. The van der Waals surface area contributed by atoms with Crippen LogP contribution in [0.5, 0.6) is 0 Å². The molecule has 0 radical (unpaired) electrons. The number of hydrogen-bond acceptors (Lipinski definition) is 2. The SMILES string of the molecule is CCN(CC1CCC1)C(C)(CN)CC(C)C. The van der Waals surface area contributed by atoms with Gasteiger partial charge in [0, 0.05) is 18.6 Å². The Morgan fingerprint density at radius 2 is 2.00 bits per heavy atom. The van der Waals surface area contributed by atoms with E-state index in [-0.39, 0.29) is 5.54 Å². The van der Waals surface area contributed by atoms with Crippen molar-refractivity contribution in [3.05, 3.63) is 0 Å². The highest BCUT2D eigenvalue weighted by Gasteiger charge is 2.32. The van der Waals surface area contributed by atoms with E-state index in [1.54, 1.807) is 0 Å². The minimum Gasteiger partial charge on any atom is -0.329 e. The Morgan fingerprint density at radius 1 is 1.38 bits per heavy atom. The van der Waals surface area contributed by atoms with E-state index in [2.05, 4.69) is 32.6 Å². The smallest absolute Gasteiger partial charge is 0.0306 e. The van der Waals surface area contributed by atoms with Crippen molar-refractivity contribution in [3.8, 4) is 0 Å². The van der Waals surface area contributed by atoms with Gasteiger partial charge < -0.3 is 5.73 Å². The molecule has 0 heterocycles. The van der Waals surface area contributed by atoms with Crippen LogP contribution in [0.3, 0.4) is 0 Å². The van der Waals surface area contributed by atoms with E-state index in [9.17, 15) is 0 Å². The molecule has 2 heteroatoms. The average molecular weight is 226 g/mol. The summed E-state index contributed by atoms with van der Waals surface area (Å²) < 4.78 is 0. The van der Waals surface area contributed by atoms with Crippen molar-refractivity contribution in [2.75, 3.05) is 19.6 Å². The van der Waals surface area contributed by atoms with Crippen molar-refractivity contribution in [1.29, 1.82) is 0 Å². The first-order chi connectivity index (χ1) is 7.51. The number of hydrogen-bond donors (Lipinski definition) is 1. The monoisotopic (exact) mass is 226 g/mol. The quantitative estimate of drug-likeness (QED) is 0.723. The van der Waals surface area contributed by atoms with Gasteiger partial charge in [-0.3, -0.25) is 4.90 Å². The number of rotatable bonds is 7. The average Bonchev–Trinajstić information content (AvgIpc) is 2.15. The number of nitrogens with two attached hydrogens (primary N) is 1. The molecule has 0 spiro atoms. The fourth-order valence-electron chi connectivity index (χ4n) is 2.94. The molecule has 0 bridgehead atoms. The molecule has 0 aliphatic heterocycles. The molecule has 0 aromatic rings. The third-order valence-electron chi connectivity index (χ3n) is 4.14. The highest BCUT2D eigenvalue weighted by atomic mass is 15.2. The summed E-state index contributed by atoms with van der Waals surface area (Å²) in [5, 5.41) is 0. The second-order valence-corrected chi connectivity index (χ2v) is 6.13. The van der Waals surface area contributed by atoms with E-state index in [0.29, 0.717) is 0 Å². The van der Waals surface area contributed by atoms with Crippen molar-refractivity contribution in [2.24, 2.45) is 17.6 Å². The summed E-state index contributed by atoms with van der Waals surface area (Å²) >= 11 is 0. The normalized spacial score (nSPS) is 21.2. The lowest BCUT2D eigenvalue weighted by molar-refractivity contribution is 0.0604. The Labute approximate surface area is 102 Å². The second-order valence-electron chi connectivity index (χ2n) is 6.13. The van der Waals surface area contributed by atoms with Crippen molar-refractivity contribution in [2.45, 2.75) is 58.9 Å². The molecule has 16 heavy (non-hydrogen) atoms. The molecule has 2 N–H and O–H groups in total. The zero-order chi connectivity index (χ0) is 12.2. The fourth-order valence-corrected chi connectivity index (χ4v) is 2.94. The van der Waals surface area contributed by atoms with Crippen molar-refractivity contribution >= 4 is 0 Å². The highest BCUT2D eigenvalue weighted by Crippen LogP contribution is 2.31. The number of nitrogens with zero attached hydrogens (tertiary/aromatic N) is 1. The van der Waals surface area contributed by atoms with Gasteiger partial charge in [-0.15, -0.1) is 0 Å². The van der Waals surface area contributed by atoms with Crippen LogP contribution in [0.25, 0.3) is 0 Å². The number of likely N-dealkylation sites (N-methyl/N-ethyl adjacent to an activating group) is 1. The van der Waals surface area contributed by atoms with Crippen LogP contribution in [0, 0.1) is 11.8 Å². The van der Waals surface area contributed by atoms with Gasteiger partial charge in [-0.2, -0.15) is 0 Å². The lowest BCUT2D eigenvalue weighted by Crippen LogP contribution is -2.54. The molecule has 2 nitrogen and oxygen atoms in total. The molecule has 0 amide bonds. The predicted molar refractivity (Wildman–Crippen MR) is 71.5 cm³/mol. The largest absolute Gasteiger partial charge is 0.329 e. The zero-order valence-corrected chi connectivity index (χ0v) is 11.6. The maximum absolute atomic E-state index is 6.03. The Bertz CT molecular complexity index is 199. The summed E-state index contributed by atoms with van der Waals surface area (Å²) in [6.45, 7) is 12.4. The maximum atomic E-state index is 6.03. The van der Waals surface area contributed by atoms with Crippen LogP contribution in [0.15, 0.2) is 0 Å². The van der Waals surface area contributed by atoms with Gasteiger partial charge in [0.2, 0.25) is 0 Å². The summed E-state index contributed by atoms with van der Waals surface area (Å²) in [6, 6.07) is 0. The first kappa shape index (κ1) is 14.0. The summed E-state index contributed by atoms with van der Waals surface area (Å²) in [6.07, 6.45) is 5.51. The molecular weight excluding hydrogens is 196 g/mol. The van der Waals surface area contributed by atoms with Gasteiger partial charge in [-0.25, -0.2) is 0 Å². The van der Waals surface area contributed by atoms with Gasteiger partial charge >= 0.3 is 0 Å². The first-order valence-corrected chi connectivity index (χ1v) is 6.97. The molecule has 1 rings (SSSR count). The molecule has 0 saturated heterocycles. The minimum atomic E-state index is 0.207. The summed E-state index contributed by atoms with van der Waals surface area (Å²) in [4.78, 5) is 2.62. The van der Waals surface area contributed by atoms with Crippen LogP contribution < -0.4 is 5.73 Å². The molecule has 0 aromatic carbocycles. The van der Waals surface area contributed by atoms with Gasteiger partial charge in [-0.05, 0) is 44.6 Å². The van der Waals surface area contributed by atoms with Crippen LogP contribution in [0.1, 0.15) is 53.4 Å². The molecule has 1 fully saturated rings. The van der Waals surface area contributed by atoms with Gasteiger partial charge in [0.1, 0.15) is 0 Å². The summed E-state index contributed by atoms with van der Waals surface area (Å²) in [5.74, 6) is 1.67. The predicted octanol–water partition coefficient (Wildman–Crippen LogP) is 2.87. The Balaban J connectivity index is 2.57. The summed E-state index contributed by atoms with van der Waals surface area (Å²) in [5.41, 5.74) is 6.23. The van der Waals surface area contributed by atoms with E-state index in [1.165, 1.54) is 32.2 Å². The van der Waals surface area contributed by atoms with Gasteiger partial charge in [0.15, 0.2) is 0 Å². The third kappa shape index (κ3) is 3.46.